The van der Waals surface area contributed by atoms with Gasteiger partial charge in [-0.25, -0.2) is 0 Å². The van der Waals surface area contributed by atoms with Gasteiger partial charge >= 0.3 is 0 Å². The zero-order valence-electron chi connectivity index (χ0n) is 10.3. The second-order valence-corrected chi connectivity index (χ2v) is 6.14. The van der Waals surface area contributed by atoms with Crippen molar-refractivity contribution in [3.05, 3.63) is 0 Å². The summed E-state index contributed by atoms with van der Waals surface area (Å²) in [6.07, 6.45) is 2.21. The van der Waals surface area contributed by atoms with E-state index in [1.54, 1.807) is 0 Å². The van der Waals surface area contributed by atoms with E-state index in [9.17, 15) is 0 Å². The van der Waals surface area contributed by atoms with Crippen LogP contribution in [0.4, 0.5) is 0 Å². The minimum Gasteiger partial charge on any atom is -0.409 e. The third-order valence-electron chi connectivity index (χ3n) is 2.51. The lowest BCUT2D eigenvalue weighted by atomic mass is 9.89. The van der Waals surface area contributed by atoms with Crippen molar-refractivity contribution in [2.24, 2.45) is 22.2 Å². The van der Waals surface area contributed by atoms with Crippen molar-refractivity contribution < 1.29 is 5.21 Å². The Kier molecular flexibility index (Phi) is 6.81. The van der Waals surface area contributed by atoms with Crippen LogP contribution < -0.4 is 5.73 Å². The van der Waals surface area contributed by atoms with Gasteiger partial charge in [-0.05, 0) is 30.3 Å². The van der Waals surface area contributed by atoms with Crippen LogP contribution in [0.5, 0.6) is 0 Å². The summed E-state index contributed by atoms with van der Waals surface area (Å²) in [5, 5.41) is 11.7. The first kappa shape index (κ1) is 14.6. The van der Waals surface area contributed by atoms with E-state index in [0.717, 1.165) is 18.1 Å². The molecule has 3 nitrogen and oxygen atoms in total. The predicted octanol–water partition coefficient (Wildman–Crippen LogP) is 2.93. The molecule has 0 aromatic rings. The zero-order chi connectivity index (χ0) is 11.9. The minimum absolute atomic E-state index is 0.195. The summed E-state index contributed by atoms with van der Waals surface area (Å²) in [4.78, 5) is 0. The quantitative estimate of drug-likeness (QED) is 0.233. The summed E-state index contributed by atoms with van der Waals surface area (Å²) in [5.74, 6) is 3.36. The largest absolute Gasteiger partial charge is 0.409 e. The van der Waals surface area contributed by atoms with Crippen molar-refractivity contribution >= 4 is 17.6 Å². The third kappa shape index (κ3) is 6.66. The van der Waals surface area contributed by atoms with E-state index in [-0.39, 0.29) is 5.41 Å². The standard InChI is InChI=1S/C11H24N2OS/c1-9(2)5-7-15-8-6-11(3,4)10(12)13-14/h9,14H,5-8H2,1-4H3,(H2,12,13). The van der Waals surface area contributed by atoms with Crippen LogP contribution >= 0.6 is 11.8 Å². The molecule has 0 fully saturated rings. The first-order valence-electron chi connectivity index (χ1n) is 5.46. The molecular formula is C11H24N2OS. The maximum atomic E-state index is 8.60. The number of hydrogen-bond acceptors (Lipinski definition) is 3. The third-order valence-corrected chi connectivity index (χ3v) is 3.53. The Hall–Kier alpha value is -0.380. The molecule has 0 bridgehead atoms. The van der Waals surface area contributed by atoms with E-state index in [1.165, 1.54) is 12.2 Å². The van der Waals surface area contributed by atoms with E-state index in [1.807, 2.05) is 25.6 Å². The Morgan fingerprint density at radius 3 is 2.47 bits per heavy atom. The summed E-state index contributed by atoms with van der Waals surface area (Å²) >= 11 is 1.94. The monoisotopic (exact) mass is 232 g/mol. The second kappa shape index (κ2) is 6.99. The SMILES string of the molecule is CC(C)CCSCCC(C)(C)C(N)=NO. The summed E-state index contributed by atoms with van der Waals surface area (Å²) in [7, 11) is 0. The maximum absolute atomic E-state index is 8.60. The Morgan fingerprint density at radius 1 is 1.40 bits per heavy atom. The molecule has 15 heavy (non-hydrogen) atoms. The van der Waals surface area contributed by atoms with Gasteiger partial charge in [-0.2, -0.15) is 11.8 Å². The maximum Gasteiger partial charge on any atom is 0.144 e. The first-order valence-corrected chi connectivity index (χ1v) is 6.61. The van der Waals surface area contributed by atoms with Gasteiger partial charge in [-0.1, -0.05) is 32.9 Å². The highest BCUT2D eigenvalue weighted by Gasteiger charge is 2.22. The minimum atomic E-state index is -0.195. The van der Waals surface area contributed by atoms with Crippen LogP contribution in [-0.2, 0) is 0 Å². The molecule has 0 unspecified atom stereocenters. The van der Waals surface area contributed by atoms with Gasteiger partial charge in [0, 0.05) is 5.41 Å². The molecule has 4 heteroatoms. The van der Waals surface area contributed by atoms with E-state index in [4.69, 9.17) is 10.9 Å². The first-order chi connectivity index (χ1) is 6.90. The molecule has 0 aliphatic rings. The number of oxime groups is 1. The highest BCUT2D eigenvalue weighted by molar-refractivity contribution is 7.99. The highest BCUT2D eigenvalue weighted by atomic mass is 32.2. The van der Waals surface area contributed by atoms with Crippen molar-refractivity contribution in [1.29, 1.82) is 0 Å². The summed E-state index contributed by atoms with van der Waals surface area (Å²) in [6, 6.07) is 0. The molecule has 0 heterocycles. The van der Waals surface area contributed by atoms with Crippen LogP contribution in [-0.4, -0.2) is 22.5 Å². The molecule has 0 saturated carbocycles. The average Bonchev–Trinajstić information content (AvgIpc) is 2.15. The molecule has 0 rings (SSSR count). The number of rotatable bonds is 7. The smallest absolute Gasteiger partial charge is 0.144 e. The molecule has 0 saturated heterocycles. The highest BCUT2D eigenvalue weighted by Crippen LogP contribution is 2.23. The zero-order valence-corrected chi connectivity index (χ0v) is 11.1. The number of thioether (sulfide) groups is 1. The van der Waals surface area contributed by atoms with E-state index in [2.05, 4.69) is 19.0 Å². The topological polar surface area (TPSA) is 58.6 Å². The molecule has 0 amide bonds. The van der Waals surface area contributed by atoms with Crippen molar-refractivity contribution in [1.82, 2.24) is 0 Å². The van der Waals surface area contributed by atoms with E-state index < -0.39 is 0 Å². The summed E-state index contributed by atoms with van der Waals surface area (Å²) in [6.45, 7) is 8.48. The molecule has 90 valence electrons. The fraction of sp³-hybridized carbons (Fsp3) is 0.909. The molecule has 0 aliphatic heterocycles. The van der Waals surface area contributed by atoms with Gasteiger partial charge in [0.25, 0.3) is 0 Å². The Bertz CT molecular complexity index is 203. The number of nitrogens with two attached hydrogens (primary N) is 1. The predicted molar refractivity (Wildman–Crippen MR) is 68.6 cm³/mol. The van der Waals surface area contributed by atoms with Crippen molar-refractivity contribution in [2.45, 2.75) is 40.5 Å². The van der Waals surface area contributed by atoms with Crippen LogP contribution in [0.1, 0.15) is 40.5 Å². The molecule has 0 aromatic carbocycles. The lowest BCUT2D eigenvalue weighted by Crippen LogP contribution is -2.32. The van der Waals surface area contributed by atoms with Crippen LogP contribution in [0.2, 0.25) is 0 Å². The Morgan fingerprint density at radius 2 is 2.00 bits per heavy atom. The average molecular weight is 232 g/mol. The fourth-order valence-electron chi connectivity index (χ4n) is 1.01. The van der Waals surface area contributed by atoms with Gasteiger partial charge in [0.15, 0.2) is 0 Å². The van der Waals surface area contributed by atoms with Gasteiger partial charge in [0.05, 0.1) is 0 Å². The number of hydrogen-bond donors (Lipinski definition) is 2. The van der Waals surface area contributed by atoms with Crippen molar-refractivity contribution in [2.75, 3.05) is 11.5 Å². The Labute approximate surface area is 97.5 Å². The van der Waals surface area contributed by atoms with Gasteiger partial charge in [-0.3, -0.25) is 0 Å². The van der Waals surface area contributed by atoms with Crippen LogP contribution in [0.3, 0.4) is 0 Å². The van der Waals surface area contributed by atoms with Crippen LogP contribution in [0.15, 0.2) is 5.16 Å². The number of nitrogens with zero attached hydrogens (tertiary/aromatic N) is 1. The van der Waals surface area contributed by atoms with Crippen LogP contribution in [0, 0.1) is 11.3 Å². The molecule has 3 N–H and O–H groups in total. The fourth-order valence-corrected chi connectivity index (χ4v) is 2.51. The Balaban J connectivity index is 3.67. The van der Waals surface area contributed by atoms with Crippen molar-refractivity contribution in [3.8, 4) is 0 Å². The lowest BCUT2D eigenvalue weighted by molar-refractivity contribution is 0.307. The van der Waals surface area contributed by atoms with E-state index >= 15 is 0 Å². The molecule has 0 atom stereocenters. The van der Waals surface area contributed by atoms with Crippen molar-refractivity contribution in [3.63, 3.8) is 0 Å². The van der Waals surface area contributed by atoms with Crippen LogP contribution in [0.25, 0.3) is 0 Å². The van der Waals surface area contributed by atoms with Gasteiger partial charge in [0.2, 0.25) is 0 Å². The van der Waals surface area contributed by atoms with E-state index in [0.29, 0.717) is 5.84 Å². The lowest BCUT2D eigenvalue weighted by Gasteiger charge is -2.22. The molecule has 0 radical (unpaired) electrons. The molecule has 0 aliphatic carbocycles. The molecule has 0 spiro atoms. The summed E-state index contributed by atoms with van der Waals surface area (Å²) < 4.78 is 0. The van der Waals surface area contributed by atoms with Gasteiger partial charge in [0.1, 0.15) is 5.84 Å². The summed E-state index contributed by atoms with van der Waals surface area (Å²) in [5.41, 5.74) is 5.41. The number of amidine groups is 1. The van der Waals surface area contributed by atoms with Gasteiger partial charge < -0.3 is 10.9 Å². The normalized spacial score (nSPS) is 13.5. The second-order valence-electron chi connectivity index (χ2n) is 4.91. The molecule has 0 aromatic heterocycles. The van der Waals surface area contributed by atoms with Gasteiger partial charge in [-0.15, -0.1) is 0 Å². The molecular weight excluding hydrogens is 208 g/mol.